The fourth-order valence-electron chi connectivity index (χ4n) is 1.60. The van der Waals surface area contributed by atoms with Crippen molar-refractivity contribution in [3.05, 3.63) is 29.3 Å². The van der Waals surface area contributed by atoms with Gasteiger partial charge in [-0.1, -0.05) is 11.2 Å². The lowest BCUT2D eigenvalue weighted by atomic mass is 9.98. The first-order chi connectivity index (χ1) is 9.31. The molecule has 1 unspecified atom stereocenters. The molecule has 0 spiro atoms. The summed E-state index contributed by atoms with van der Waals surface area (Å²) in [7, 11) is 1.53. The number of rotatable bonds is 6. The molecule has 0 aliphatic heterocycles. The van der Waals surface area contributed by atoms with Gasteiger partial charge >= 0.3 is 0 Å². The van der Waals surface area contributed by atoms with Gasteiger partial charge in [0.05, 0.1) is 18.8 Å². The first kappa shape index (κ1) is 16.3. The monoisotopic (exact) mass is 281 g/mol. The second-order valence-electron chi connectivity index (χ2n) is 5.27. The summed E-state index contributed by atoms with van der Waals surface area (Å²) in [6, 6.07) is 5.44. The second-order valence-corrected chi connectivity index (χ2v) is 5.27. The quantitative estimate of drug-likeness (QED) is 0.270. The predicted molar refractivity (Wildman–Crippen MR) is 78.1 cm³/mol. The SMILES string of the molecule is COc1ccc(CNC(C)(C)C(C)O)cc1/C(N)=N/O. The van der Waals surface area contributed by atoms with Crippen molar-refractivity contribution in [2.24, 2.45) is 10.9 Å². The van der Waals surface area contributed by atoms with Crippen LogP contribution in [-0.4, -0.2) is 34.9 Å². The van der Waals surface area contributed by atoms with Crippen molar-refractivity contribution in [3.8, 4) is 5.75 Å². The summed E-state index contributed by atoms with van der Waals surface area (Å²) in [6.45, 7) is 6.13. The van der Waals surface area contributed by atoms with E-state index in [1.54, 1.807) is 19.1 Å². The number of methoxy groups -OCH3 is 1. The molecular formula is C14H23N3O3. The molecule has 1 aromatic carbocycles. The van der Waals surface area contributed by atoms with Crippen LogP contribution in [0.2, 0.25) is 0 Å². The second kappa shape index (κ2) is 6.58. The zero-order valence-electron chi connectivity index (χ0n) is 12.3. The van der Waals surface area contributed by atoms with Crippen LogP contribution in [0.3, 0.4) is 0 Å². The molecule has 6 heteroatoms. The minimum Gasteiger partial charge on any atom is -0.496 e. The van der Waals surface area contributed by atoms with Crippen molar-refractivity contribution in [3.63, 3.8) is 0 Å². The average Bonchev–Trinajstić information content (AvgIpc) is 2.43. The third kappa shape index (κ3) is 3.85. The van der Waals surface area contributed by atoms with Crippen LogP contribution < -0.4 is 15.8 Å². The highest BCUT2D eigenvalue weighted by Gasteiger charge is 2.23. The Morgan fingerprint density at radius 3 is 2.65 bits per heavy atom. The standard InChI is InChI=1S/C14H23N3O3/c1-9(18)14(2,3)16-8-10-5-6-12(20-4)11(7-10)13(15)17-19/h5-7,9,16,18-19H,8H2,1-4H3,(H2,15,17). The molecule has 0 aromatic heterocycles. The minimum absolute atomic E-state index is 0.00140. The Labute approximate surface area is 119 Å². The number of nitrogens with zero attached hydrogens (tertiary/aromatic N) is 1. The normalized spacial score (nSPS) is 14.2. The molecule has 6 nitrogen and oxygen atoms in total. The summed E-state index contributed by atoms with van der Waals surface area (Å²) in [5.41, 5.74) is 6.70. The fraction of sp³-hybridized carbons (Fsp3) is 0.500. The molecule has 1 atom stereocenters. The molecule has 0 bridgehead atoms. The van der Waals surface area contributed by atoms with E-state index in [1.807, 2.05) is 19.9 Å². The van der Waals surface area contributed by atoms with Gasteiger partial charge in [0.25, 0.3) is 0 Å². The lowest BCUT2D eigenvalue weighted by Gasteiger charge is -2.29. The van der Waals surface area contributed by atoms with Gasteiger partial charge in [-0.05, 0) is 38.5 Å². The molecule has 0 saturated carbocycles. The van der Waals surface area contributed by atoms with Gasteiger partial charge in [0.15, 0.2) is 5.84 Å². The van der Waals surface area contributed by atoms with Crippen LogP contribution in [-0.2, 0) is 6.54 Å². The summed E-state index contributed by atoms with van der Waals surface area (Å²) >= 11 is 0. The van der Waals surface area contributed by atoms with Gasteiger partial charge in [-0.25, -0.2) is 0 Å². The van der Waals surface area contributed by atoms with E-state index in [-0.39, 0.29) is 5.84 Å². The van der Waals surface area contributed by atoms with E-state index in [0.29, 0.717) is 17.9 Å². The van der Waals surface area contributed by atoms with Crippen molar-refractivity contribution in [2.45, 2.75) is 39.0 Å². The van der Waals surface area contributed by atoms with Crippen LogP contribution in [0.25, 0.3) is 0 Å². The van der Waals surface area contributed by atoms with E-state index < -0.39 is 11.6 Å². The van der Waals surface area contributed by atoms with E-state index in [1.165, 1.54) is 7.11 Å². The van der Waals surface area contributed by atoms with E-state index >= 15 is 0 Å². The number of nitrogens with one attached hydrogen (secondary N) is 1. The maximum atomic E-state index is 9.67. The molecule has 112 valence electrons. The summed E-state index contributed by atoms with van der Waals surface area (Å²) in [5, 5.41) is 24.7. The van der Waals surface area contributed by atoms with Gasteiger partial charge in [0.1, 0.15) is 5.75 Å². The highest BCUT2D eigenvalue weighted by atomic mass is 16.5. The highest BCUT2D eigenvalue weighted by molar-refractivity contribution is 5.99. The summed E-state index contributed by atoms with van der Waals surface area (Å²) < 4.78 is 5.17. The van der Waals surface area contributed by atoms with Gasteiger partial charge in [0.2, 0.25) is 0 Å². The molecule has 0 aliphatic rings. The molecule has 0 amide bonds. The number of hydrogen-bond donors (Lipinski definition) is 4. The van der Waals surface area contributed by atoms with Gasteiger partial charge in [-0.15, -0.1) is 0 Å². The molecular weight excluding hydrogens is 258 g/mol. The molecule has 5 N–H and O–H groups in total. The number of aliphatic hydroxyl groups excluding tert-OH is 1. The molecule has 0 aliphatic carbocycles. The van der Waals surface area contributed by atoms with Gasteiger partial charge in [0, 0.05) is 12.1 Å². The molecule has 0 heterocycles. The number of hydrogen-bond acceptors (Lipinski definition) is 5. The third-order valence-electron chi connectivity index (χ3n) is 3.44. The fourth-order valence-corrected chi connectivity index (χ4v) is 1.60. The first-order valence-corrected chi connectivity index (χ1v) is 6.39. The molecule has 0 saturated heterocycles. The van der Waals surface area contributed by atoms with Crippen LogP contribution in [0.5, 0.6) is 5.75 Å². The molecule has 0 fully saturated rings. The molecule has 1 rings (SSSR count). The molecule has 1 aromatic rings. The van der Waals surface area contributed by atoms with E-state index in [9.17, 15) is 5.11 Å². The predicted octanol–water partition coefficient (Wildman–Crippen LogP) is 1.04. The van der Waals surface area contributed by atoms with Gasteiger partial charge < -0.3 is 26.1 Å². The van der Waals surface area contributed by atoms with Crippen LogP contribution in [0.4, 0.5) is 0 Å². The van der Waals surface area contributed by atoms with Crippen molar-refractivity contribution < 1.29 is 15.1 Å². The Bertz CT molecular complexity index is 485. The van der Waals surface area contributed by atoms with Gasteiger partial charge in [-0.3, -0.25) is 0 Å². The van der Waals surface area contributed by atoms with Crippen molar-refractivity contribution in [1.82, 2.24) is 5.32 Å². The summed E-state index contributed by atoms with van der Waals surface area (Å²) in [5.74, 6) is 0.539. The Morgan fingerprint density at radius 1 is 1.50 bits per heavy atom. The summed E-state index contributed by atoms with van der Waals surface area (Å²) in [6.07, 6.45) is -0.482. The van der Waals surface area contributed by atoms with E-state index in [4.69, 9.17) is 15.7 Å². The zero-order chi connectivity index (χ0) is 15.3. The van der Waals surface area contributed by atoms with Crippen LogP contribution in [0, 0.1) is 0 Å². The first-order valence-electron chi connectivity index (χ1n) is 6.39. The third-order valence-corrected chi connectivity index (χ3v) is 3.44. The largest absolute Gasteiger partial charge is 0.496 e. The van der Waals surface area contributed by atoms with Gasteiger partial charge in [-0.2, -0.15) is 0 Å². The number of benzene rings is 1. The van der Waals surface area contributed by atoms with Crippen molar-refractivity contribution in [2.75, 3.05) is 7.11 Å². The van der Waals surface area contributed by atoms with E-state index in [2.05, 4.69) is 10.5 Å². The smallest absolute Gasteiger partial charge is 0.173 e. The minimum atomic E-state index is -0.482. The number of nitrogens with two attached hydrogens (primary N) is 1. The van der Waals surface area contributed by atoms with Crippen LogP contribution in [0.1, 0.15) is 31.9 Å². The maximum absolute atomic E-state index is 9.67. The number of amidine groups is 1. The van der Waals surface area contributed by atoms with Crippen molar-refractivity contribution >= 4 is 5.84 Å². The lowest BCUT2D eigenvalue weighted by Crippen LogP contribution is -2.47. The number of ether oxygens (including phenoxy) is 1. The Kier molecular flexibility index (Phi) is 5.35. The molecule has 0 radical (unpaired) electrons. The molecule has 20 heavy (non-hydrogen) atoms. The van der Waals surface area contributed by atoms with Crippen LogP contribution >= 0.6 is 0 Å². The maximum Gasteiger partial charge on any atom is 0.173 e. The number of aliphatic hydroxyl groups is 1. The Morgan fingerprint density at radius 2 is 2.15 bits per heavy atom. The number of oxime groups is 1. The summed E-state index contributed by atoms with van der Waals surface area (Å²) in [4.78, 5) is 0. The highest BCUT2D eigenvalue weighted by Crippen LogP contribution is 2.20. The zero-order valence-corrected chi connectivity index (χ0v) is 12.3. The topological polar surface area (TPSA) is 100 Å². The van der Waals surface area contributed by atoms with Crippen LogP contribution in [0.15, 0.2) is 23.4 Å². The lowest BCUT2D eigenvalue weighted by molar-refractivity contribution is 0.0956. The Hall–Kier alpha value is -1.79. The average molecular weight is 281 g/mol. The van der Waals surface area contributed by atoms with Crippen molar-refractivity contribution in [1.29, 1.82) is 0 Å². The van der Waals surface area contributed by atoms with E-state index in [0.717, 1.165) is 5.56 Å². The Balaban J connectivity index is 2.93.